The number of nitrogens with one attached hydrogen (secondary N) is 1. The van der Waals surface area contributed by atoms with Crippen LogP contribution in [-0.4, -0.2) is 28.2 Å². The molecule has 0 atom stereocenters. The fourth-order valence-corrected chi connectivity index (χ4v) is 2.58. The van der Waals surface area contributed by atoms with Crippen LogP contribution in [0.25, 0.3) is 16.8 Å². The van der Waals surface area contributed by atoms with Gasteiger partial charge in [0.25, 0.3) is 0 Å². The molecule has 0 heterocycles. The smallest absolute Gasteiger partial charge is 0.147 e. The molecule has 2 rings (SSSR count). The fraction of sp³-hybridized carbons (Fsp3) is 0.136. The van der Waals surface area contributed by atoms with Crippen LogP contribution in [0.4, 0.5) is 4.39 Å². The van der Waals surface area contributed by atoms with Crippen molar-refractivity contribution in [3.05, 3.63) is 77.5 Å². The van der Waals surface area contributed by atoms with Crippen LogP contribution < -0.4 is 11.1 Å². The van der Waals surface area contributed by atoms with Crippen LogP contribution in [0.3, 0.4) is 0 Å². The summed E-state index contributed by atoms with van der Waals surface area (Å²) in [4.78, 5) is 3.98. The van der Waals surface area contributed by atoms with Gasteiger partial charge in [0.05, 0.1) is 11.5 Å². The van der Waals surface area contributed by atoms with Gasteiger partial charge in [-0.1, -0.05) is 18.2 Å². The lowest BCUT2D eigenvalue weighted by Crippen LogP contribution is -2.14. The minimum absolute atomic E-state index is 0.00432. The molecule has 0 aliphatic heterocycles. The summed E-state index contributed by atoms with van der Waals surface area (Å²) in [6, 6.07) is 11.7. The van der Waals surface area contributed by atoms with Gasteiger partial charge in [-0.05, 0) is 49.2 Å². The fourth-order valence-electron chi connectivity index (χ4n) is 2.58. The first-order valence-electron chi connectivity index (χ1n) is 8.81. The summed E-state index contributed by atoms with van der Waals surface area (Å²) in [5.41, 5.74) is 8.55. The third-order valence-electron chi connectivity index (χ3n) is 4.03. The molecule has 0 spiro atoms. The SMILES string of the molecule is CN\C(=C/C(N)=N\C(C)=C(F)\C=C(/C)O)c1cc(-c2ccc(O)cc2)ccc1O. The molecular formula is C22H24FN3O3. The molecule has 0 amide bonds. The number of hydrogen-bond acceptors (Lipinski definition) is 5. The Morgan fingerprint density at radius 1 is 1.03 bits per heavy atom. The normalized spacial score (nSPS) is 13.9. The second-order valence-electron chi connectivity index (χ2n) is 6.34. The number of amidine groups is 1. The number of aliphatic hydroxyl groups is 1. The number of phenolic OH excluding ortho intramolecular Hbond substituents is 2. The highest BCUT2D eigenvalue weighted by Gasteiger charge is 2.10. The second-order valence-corrected chi connectivity index (χ2v) is 6.34. The van der Waals surface area contributed by atoms with Gasteiger partial charge < -0.3 is 26.4 Å². The Morgan fingerprint density at radius 3 is 2.24 bits per heavy atom. The Bertz CT molecular complexity index is 1000. The van der Waals surface area contributed by atoms with Crippen LogP contribution in [0, 0.1) is 0 Å². The molecule has 0 aliphatic rings. The summed E-state index contributed by atoms with van der Waals surface area (Å²) in [5.74, 6) is -0.685. The Morgan fingerprint density at radius 2 is 1.66 bits per heavy atom. The monoisotopic (exact) mass is 397 g/mol. The number of nitrogens with two attached hydrogens (primary N) is 1. The first-order valence-corrected chi connectivity index (χ1v) is 8.81. The number of rotatable bonds is 6. The molecule has 2 aromatic rings. The predicted octanol–water partition coefficient (Wildman–Crippen LogP) is 4.35. The topological polar surface area (TPSA) is 111 Å². The van der Waals surface area contributed by atoms with Crippen LogP contribution >= 0.6 is 0 Å². The summed E-state index contributed by atoms with van der Waals surface area (Å²) < 4.78 is 13.9. The van der Waals surface area contributed by atoms with E-state index in [1.807, 2.05) is 0 Å². The van der Waals surface area contributed by atoms with Crippen molar-refractivity contribution in [1.29, 1.82) is 0 Å². The third-order valence-corrected chi connectivity index (χ3v) is 4.03. The molecule has 29 heavy (non-hydrogen) atoms. The summed E-state index contributed by atoms with van der Waals surface area (Å²) in [5, 5.41) is 31.9. The standard InChI is InChI=1S/C22H24FN3O3/c1-13(27)10-19(23)14(2)26-22(24)12-20(25-3)18-11-16(6-9-21(18)29)15-4-7-17(28)8-5-15/h4-12,25,27-29H,1-3H3,(H2,24,26)/b13-10+,19-14-,20-12-. The highest BCUT2D eigenvalue weighted by molar-refractivity contribution is 5.99. The molecule has 6 nitrogen and oxygen atoms in total. The van der Waals surface area contributed by atoms with Crippen molar-refractivity contribution < 1.29 is 19.7 Å². The largest absolute Gasteiger partial charge is 0.513 e. The van der Waals surface area contributed by atoms with E-state index in [9.17, 15) is 14.6 Å². The van der Waals surface area contributed by atoms with E-state index in [1.165, 1.54) is 19.9 Å². The molecule has 0 saturated carbocycles. The number of allylic oxidation sites excluding steroid dienone is 4. The summed E-state index contributed by atoms with van der Waals surface area (Å²) in [7, 11) is 1.66. The zero-order valence-electron chi connectivity index (χ0n) is 16.4. The quantitative estimate of drug-likeness (QED) is 0.215. The zero-order chi connectivity index (χ0) is 21.6. The minimum atomic E-state index is -0.704. The lowest BCUT2D eigenvalue weighted by molar-refractivity contribution is 0.411. The number of benzene rings is 2. The van der Waals surface area contributed by atoms with Gasteiger partial charge in [0.1, 0.15) is 23.2 Å². The maximum absolute atomic E-state index is 13.9. The third kappa shape index (κ3) is 5.87. The maximum atomic E-state index is 13.9. The number of nitrogens with zero attached hydrogens (tertiary/aromatic N) is 1. The molecule has 0 aromatic heterocycles. The van der Waals surface area contributed by atoms with E-state index in [-0.39, 0.29) is 28.8 Å². The molecule has 0 radical (unpaired) electrons. The number of aliphatic hydroxyl groups excluding tert-OH is 1. The second kappa shape index (κ2) is 9.45. The zero-order valence-corrected chi connectivity index (χ0v) is 16.4. The average molecular weight is 397 g/mol. The van der Waals surface area contributed by atoms with Crippen molar-refractivity contribution in [2.45, 2.75) is 13.8 Å². The molecule has 0 unspecified atom stereocenters. The lowest BCUT2D eigenvalue weighted by atomic mass is 10.0. The van der Waals surface area contributed by atoms with Gasteiger partial charge in [0.15, 0.2) is 0 Å². The highest BCUT2D eigenvalue weighted by atomic mass is 19.1. The van der Waals surface area contributed by atoms with Gasteiger partial charge in [0, 0.05) is 30.5 Å². The number of hydrogen-bond donors (Lipinski definition) is 5. The van der Waals surface area contributed by atoms with Crippen molar-refractivity contribution in [2.24, 2.45) is 10.7 Å². The molecule has 0 aliphatic carbocycles. The van der Waals surface area contributed by atoms with Gasteiger partial charge in [-0.25, -0.2) is 9.38 Å². The van der Waals surface area contributed by atoms with Crippen LogP contribution in [-0.2, 0) is 0 Å². The van der Waals surface area contributed by atoms with Crippen LogP contribution in [0.15, 0.2) is 76.9 Å². The molecule has 6 N–H and O–H groups in total. The number of aromatic hydroxyl groups is 2. The van der Waals surface area contributed by atoms with E-state index in [0.717, 1.165) is 17.2 Å². The maximum Gasteiger partial charge on any atom is 0.147 e. The summed E-state index contributed by atoms with van der Waals surface area (Å²) >= 11 is 0. The molecule has 0 bridgehead atoms. The van der Waals surface area contributed by atoms with E-state index in [2.05, 4.69) is 10.3 Å². The lowest BCUT2D eigenvalue weighted by Gasteiger charge is -2.12. The molecule has 2 aromatic carbocycles. The van der Waals surface area contributed by atoms with Crippen molar-refractivity contribution in [3.8, 4) is 22.6 Å². The van der Waals surface area contributed by atoms with Gasteiger partial charge in [0.2, 0.25) is 0 Å². The van der Waals surface area contributed by atoms with Gasteiger partial charge in [-0.15, -0.1) is 0 Å². The number of halogens is 1. The van der Waals surface area contributed by atoms with Crippen molar-refractivity contribution >= 4 is 11.5 Å². The first kappa shape index (κ1) is 21.6. The van der Waals surface area contributed by atoms with Crippen LogP contribution in [0.2, 0.25) is 0 Å². The van der Waals surface area contributed by atoms with E-state index in [0.29, 0.717) is 11.3 Å². The van der Waals surface area contributed by atoms with E-state index in [1.54, 1.807) is 49.5 Å². The van der Waals surface area contributed by atoms with Crippen molar-refractivity contribution in [2.75, 3.05) is 7.05 Å². The molecular weight excluding hydrogens is 373 g/mol. The first-order chi connectivity index (χ1) is 13.7. The van der Waals surface area contributed by atoms with Crippen LogP contribution in [0.1, 0.15) is 19.4 Å². The predicted molar refractivity (Wildman–Crippen MR) is 114 cm³/mol. The van der Waals surface area contributed by atoms with E-state index in [4.69, 9.17) is 10.8 Å². The minimum Gasteiger partial charge on any atom is -0.513 e. The molecule has 0 fully saturated rings. The molecule has 7 heteroatoms. The molecule has 0 saturated heterocycles. The summed E-state index contributed by atoms with van der Waals surface area (Å²) in [6.07, 6.45) is 2.42. The Kier molecular flexibility index (Phi) is 7.03. The van der Waals surface area contributed by atoms with Gasteiger partial charge in [-0.2, -0.15) is 0 Å². The summed E-state index contributed by atoms with van der Waals surface area (Å²) in [6.45, 7) is 2.78. The molecule has 152 valence electrons. The van der Waals surface area contributed by atoms with E-state index < -0.39 is 5.83 Å². The Balaban J connectivity index is 2.45. The Labute approximate surface area is 168 Å². The Hall–Kier alpha value is -3.74. The van der Waals surface area contributed by atoms with Gasteiger partial charge >= 0.3 is 0 Å². The average Bonchev–Trinajstić information content (AvgIpc) is 2.67. The highest BCUT2D eigenvalue weighted by Crippen LogP contribution is 2.30. The van der Waals surface area contributed by atoms with Crippen molar-refractivity contribution in [1.82, 2.24) is 5.32 Å². The number of aliphatic imine (C=N–C) groups is 1. The van der Waals surface area contributed by atoms with Crippen molar-refractivity contribution in [3.63, 3.8) is 0 Å². The number of phenols is 2. The van der Waals surface area contributed by atoms with Crippen LogP contribution in [0.5, 0.6) is 11.5 Å². The van der Waals surface area contributed by atoms with E-state index >= 15 is 0 Å². The van der Waals surface area contributed by atoms with Gasteiger partial charge in [-0.3, -0.25) is 0 Å².